The van der Waals surface area contributed by atoms with Crippen molar-refractivity contribution in [3.63, 3.8) is 0 Å². The summed E-state index contributed by atoms with van der Waals surface area (Å²) in [6.07, 6.45) is 2.27. The lowest BCUT2D eigenvalue weighted by Gasteiger charge is -2.13. The quantitative estimate of drug-likeness (QED) is 0.816. The first kappa shape index (κ1) is 10.6. The molecule has 0 spiro atoms. The largest absolute Gasteiger partial charge is 0.503 e. The van der Waals surface area contributed by atoms with Crippen LogP contribution in [0, 0.1) is 0 Å². The lowest BCUT2D eigenvalue weighted by atomic mass is 10.0. The van der Waals surface area contributed by atoms with E-state index in [1.165, 1.54) is 13.5 Å². The Morgan fingerprint density at radius 1 is 1.53 bits per heavy atom. The number of halogens is 1. The monoisotopic (exact) mass is 227 g/mol. The van der Waals surface area contributed by atoms with Gasteiger partial charge in [0.1, 0.15) is 0 Å². The molecule has 1 aliphatic rings. The first-order chi connectivity index (χ1) is 7.22. The predicted molar refractivity (Wildman–Crippen MR) is 59.6 cm³/mol. The van der Waals surface area contributed by atoms with E-state index in [-0.39, 0.29) is 5.75 Å². The van der Waals surface area contributed by atoms with Gasteiger partial charge in [-0.2, -0.15) is 0 Å². The van der Waals surface area contributed by atoms with E-state index in [2.05, 4.69) is 5.32 Å². The van der Waals surface area contributed by atoms with E-state index in [0.717, 1.165) is 18.5 Å². The van der Waals surface area contributed by atoms with Gasteiger partial charge in [-0.3, -0.25) is 0 Å². The standard InChI is InChI=1S/C11H14ClNO2/c1-15-10-6-7(5-8(12)11(10)14)9-3-2-4-13-9/h5-6,9,13-14H,2-4H2,1H3/t9-/m0/s1. The van der Waals surface area contributed by atoms with Crippen molar-refractivity contribution in [2.45, 2.75) is 18.9 Å². The van der Waals surface area contributed by atoms with Crippen molar-refractivity contribution in [3.05, 3.63) is 22.7 Å². The minimum atomic E-state index is 0.0147. The predicted octanol–water partition coefficient (Wildman–Crippen LogP) is 2.48. The van der Waals surface area contributed by atoms with Crippen LogP contribution in [0.5, 0.6) is 11.5 Å². The van der Waals surface area contributed by atoms with Crippen molar-refractivity contribution in [1.82, 2.24) is 5.32 Å². The van der Waals surface area contributed by atoms with E-state index >= 15 is 0 Å². The van der Waals surface area contributed by atoms with Gasteiger partial charge in [-0.25, -0.2) is 0 Å². The molecular formula is C11H14ClNO2. The minimum Gasteiger partial charge on any atom is -0.503 e. The molecule has 1 aliphatic heterocycles. The van der Waals surface area contributed by atoms with Crippen molar-refractivity contribution in [3.8, 4) is 11.5 Å². The fourth-order valence-corrected chi connectivity index (χ4v) is 2.14. The summed E-state index contributed by atoms with van der Waals surface area (Å²) < 4.78 is 5.06. The second kappa shape index (κ2) is 4.29. The molecule has 0 aliphatic carbocycles. The van der Waals surface area contributed by atoms with Gasteiger partial charge in [0.25, 0.3) is 0 Å². The number of hydrogen-bond donors (Lipinski definition) is 2. The Hall–Kier alpha value is -0.930. The summed E-state index contributed by atoms with van der Waals surface area (Å²) in [5, 5.41) is 13.3. The maximum Gasteiger partial charge on any atom is 0.176 e. The highest BCUT2D eigenvalue weighted by Gasteiger charge is 2.19. The normalized spacial score (nSPS) is 20.5. The molecule has 0 aromatic heterocycles. The molecule has 4 heteroatoms. The second-order valence-electron chi connectivity index (χ2n) is 3.70. The van der Waals surface area contributed by atoms with E-state index in [4.69, 9.17) is 16.3 Å². The highest BCUT2D eigenvalue weighted by Crippen LogP contribution is 2.38. The van der Waals surface area contributed by atoms with Gasteiger partial charge in [-0.15, -0.1) is 0 Å². The number of phenols is 1. The summed E-state index contributed by atoms with van der Waals surface area (Å²) in [5.41, 5.74) is 1.08. The smallest absolute Gasteiger partial charge is 0.176 e. The fraction of sp³-hybridized carbons (Fsp3) is 0.455. The van der Waals surface area contributed by atoms with E-state index in [0.29, 0.717) is 16.8 Å². The van der Waals surface area contributed by atoms with Gasteiger partial charge in [0.2, 0.25) is 0 Å². The summed E-state index contributed by atoms with van der Waals surface area (Å²) in [5.74, 6) is 0.451. The van der Waals surface area contributed by atoms with Crippen LogP contribution in [-0.4, -0.2) is 18.8 Å². The molecular weight excluding hydrogens is 214 g/mol. The highest BCUT2D eigenvalue weighted by molar-refractivity contribution is 6.32. The third kappa shape index (κ3) is 2.03. The van der Waals surface area contributed by atoms with Crippen molar-refractivity contribution in [2.24, 2.45) is 0 Å². The zero-order valence-electron chi connectivity index (χ0n) is 8.59. The molecule has 0 amide bonds. The Balaban J connectivity index is 2.35. The van der Waals surface area contributed by atoms with Gasteiger partial charge in [0.15, 0.2) is 11.5 Å². The lowest BCUT2D eigenvalue weighted by Crippen LogP contribution is -2.12. The first-order valence-electron chi connectivity index (χ1n) is 5.02. The van der Waals surface area contributed by atoms with Crippen molar-refractivity contribution in [2.75, 3.05) is 13.7 Å². The third-order valence-corrected chi connectivity index (χ3v) is 3.02. The van der Waals surface area contributed by atoms with Crippen LogP contribution in [0.2, 0.25) is 5.02 Å². The zero-order chi connectivity index (χ0) is 10.8. The summed E-state index contributed by atoms with van der Waals surface area (Å²) in [7, 11) is 1.53. The van der Waals surface area contributed by atoms with Crippen LogP contribution in [0.1, 0.15) is 24.4 Å². The molecule has 1 aromatic carbocycles. The Bertz CT molecular complexity index is 362. The van der Waals surface area contributed by atoms with E-state index in [9.17, 15) is 5.11 Å². The van der Waals surface area contributed by atoms with Crippen LogP contribution >= 0.6 is 11.6 Å². The van der Waals surface area contributed by atoms with Crippen LogP contribution in [0.4, 0.5) is 0 Å². The molecule has 2 N–H and O–H groups in total. The summed E-state index contributed by atoms with van der Waals surface area (Å²) >= 11 is 5.92. The van der Waals surface area contributed by atoms with Gasteiger partial charge >= 0.3 is 0 Å². The van der Waals surface area contributed by atoms with Gasteiger partial charge in [-0.1, -0.05) is 11.6 Å². The van der Waals surface area contributed by atoms with E-state index in [1.54, 1.807) is 6.07 Å². The van der Waals surface area contributed by atoms with Crippen LogP contribution in [-0.2, 0) is 0 Å². The molecule has 1 aromatic rings. The van der Waals surface area contributed by atoms with Crippen molar-refractivity contribution < 1.29 is 9.84 Å². The molecule has 3 nitrogen and oxygen atoms in total. The Kier molecular flexibility index (Phi) is 3.03. The number of methoxy groups -OCH3 is 1. The van der Waals surface area contributed by atoms with Gasteiger partial charge in [0, 0.05) is 6.04 Å². The minimum absolute atomic E-state index is 0.0147. The molecule has 1 atom stereocenters. The van der Waals surface area contributed by atoms with E-state index < -0.39 is 0 Å². The number of nitrogens with one attached hydrogen (secondary N) is 1. The number of hydrogen-bond acceptors (Lipinski definition) is 3. The summed E-state index contributed by atoms with van der Waals surface area (Å²) in [6.45, 7) is 1.03. The lowest BCUT2D eigenvalue weighted by molar-refractivity contribution is 0.372. The SMILES string of the molecule is COc1cc([C@@H]2CCCN2)cc(Cl)c1O. The first-order valence-corrected chi connectivity index (χ1v) is 5.40. The molecule has 15 heavy (non-hydrogen) atoms. The van der Waals surface area contributed by atoms with Gasteiger partial charge in [0.05, 0.1) is 12.1 Å². The molecule has 2 rings (SSSR count). The van der Waals surface area contributed by atoms with Crippen LogP contribution in [0.15, 0.2) is 12.1 Å². The molecule has 0 radical (unpaired) electrons. The molecule has 0 saturated carbocycles. The molecule has 82 valence electrons. The number of benzene rings is 1. The maximum atomic E-state index is 9.59. The highest BCUT2D eigenvalue weighted by atomic mass is 35.5. The molecule has 1 heterocycles. The van der Waals surface area contributed by atoms with Crippen LogP contribution in [0.3, 0.4) is 0 Å². The summed E-state index contributed by atoms with van der Waals surface area (Å²) in [4.78, 5) is 0. The van der Waals surface area contributed by atoms with E-state index in [1.807, 2.05) is 6.07 Å². The average molecular weight is 228 g/mol. The second-order valence-corrected chi connectivity index (χ2v) is 4.11. The van der Waals surface area contributed by atoms with Crippen molar-refractivity contribution >= 4 is 11.6 Å². The average Bonchev–Trinajstić information content (AvgIpc) is 2.75. The maximum absolute atomic E-state index is 9.59. The molecule has 0 bridgehead atoms. The van der Waals surface area contributed by atoms with Crippen molar-refractivity contribution in [1.29, 1.82) is 0 Å². The third-order valence-electron chi connectivity index (χ3n) is 2.73. The summed E-state index contributed by atoms with van der Waals surface area (Å²) in [6, 6.07) is 3.96. The fourth-order valence-electron chi connectivity index (χ4n) is 1.92. The Morgan fingerprint density at radius 2 is 2.33 bits per heavy atom. The molecule has 0 unspecified atom stereocenters. The Morgan fingerprint density at radius 3 is 2.93 bits per heavy atom. The van der Waals surface area contributed by atoms with Gasteiger partial charge < -0.3 is 15.2 Å². The van der Waals surface area contributed by atoms with Crippen LogP contribution < -0.4 is 10.1 Å². The molecule has 1 fully saturated rings. The van der Waals surface area contributed by atoms with Gasteiger partial charge in [-0.05, 0) is 37.1 Å². The number of phenolic OH excluding ortho intramolecular Hbond substituents is 1. The Labute approximate surface area is 94.0 Å². The number of ether oxygens (including phenoxy) is 1. The molecule has 1 saturated heterocycles. The number of aromatic hydroxyl groups is 1. The van der Waals surface area contributed by atoms with Crippen LogP contribution in [0.25, 0.3) is 0 Å². The topological polar surface area (TPSA) is 41.5 Å². The number of rotatable bonds is 2. The zero-order valence-corrected chi connectivity index (χ0v) is 9.34.